The first-order valence-corrected chi connectivity index (χ1v) is 5.31. The third-order valence-electron chi connectivity index (χ3n) is 2.97. The molecule has 4 nitrogen and oxygen atoms in total. The van der Waals surface area contributed by atoms with E-state index in [-0.39, 0.29) is 5.92 Å². The van der Waals surface area contributed by atoms with Gasteiger partial charge in [-0.05, 0) is 25.0 Å². The zero-order chi connectivity index (χ0) is 11.7. The van der Waals surface area contributed by atoms with E-state index in [9.17, 15) is 4.79 Å². The Morgan fingerprint density at radius 2 is 2.38 bits per heavy atom. The normalized spacial score (nSPS) is 20.8. The highest BCUT2D eigenvalue weighted by Crippen LogP contribution is 2.35. The fourth-order valence-electron chi connectivity index (χ4n) is 2.09. The van der Waals surface area contributed by atoms with E-state index in [1.54, 1.807) is 0 Å². The molecule has 4 heteroatoms. The predicted molar refractivity (Wildman–Crippen MR) is 59.6 cm³/mol. The first-order chi connectivity index (χ1) is 7.59. The summed E-state index contributed by atoms with van der Waals surface area (Å²) in [5.41, 5.74) is 7.71. The van der Waals surface area contributed by atoms with Gasteiger partial charge in [0.05, 0.1) is 6.61 Å². The SMILES string of the molecule is Cc1ccc2c(c1)C(C(N)C(=O)O)CCO2. The molecule has 3 N–H and O–H groups in total. The molecule has 2 atom stereocenters. The third kappa shape index (κ3) is 1.88. The maximum Gasteiger partial charge on any atom is 0.321 e. The summed E-state index contributed by atoms with van der Waals surface area (Å²) in [6, 6.07) is 4.94. The van der Waals surface area contributed by atoms with Crippen LogP contribution in [0.15, 0.2) is 18.2 Å². The number of aryl methyl sites for hydroxylation is 1. The molecule has 1 aromatic carbocycles. The van der Waals surface area contributed by atoms with Crippen LogP contribution in [0.3, 0.4) is 0 Å². The number of hydrogen-bond acceptors (Lipinski definition) is 3. The van der Waals surface area contributed by atoms with Crippen LogP contribution in [0.5, 0.6) is 5.75 Å². The first-order valence-electron chi connectivity index (χ1n) is 5.31. The minimum Gasteiger partial charge on any atom is -0.493 e. The van der Waals surface area contributed by atoms with Crippen molar-refractivity contribution in [2.24, 2.45) is 5.73 Å². The Bertz CT molecular complexity index is 417. The summed E-state index contributed by atoms with van der Waals surface area (Å²) in [6.07, 6.45) is 0.657. The quantitative estimate of drug-likeness (QED) is 0.788. The lowest BCUT2D eigenvalue weighted by Crippen LogP contribution is -2.38. The molecule has 16 heavy (non-hydrogen) atoms. The number of carboxylic acid groups (broad SMARTS) is 1. The third-order valence-corrected chi connectivity index (χ3v) is 2.97. The number of carboxylic acids is 1. The standard InChI is InChI=1S/C12H15NO3/c1-7-2-3-10-9(6-7)8(4-5-16-10)11(13)12(14)15/h2-3,6,8,11H,4-5,13H2,1H3,(H,14,15). The minimum atomic E-state index is -0.959. The molecule has 1 aromatic rings. The maximum absolute atomic E-state index is 10.9. The lowest BCUT2D eigenvalue weighted by molar-refractivity contribution is -0.139. The Balaban J connectivity index is 2.38. The van der Waals surface area contributed by atoms with Crippen molar-refractivity contribution in [2.75, 3.05) is 6.61 Å². The molecule has 0 bridgehead atoms. The smallest absolute Gasteiger partial charge is 0.321 e. The van der Waals surface area contributed by atoms with Gasteiger partial charge in [0.15, 0.2) is 0 Å². The molecule has 1 aliphatic heterocycles. The van der Waals surface area contributed by atoms with Gasteiger partial charge < -0.3 is 15.6 Å². The fourth-order valence-corrected chi connectivity index (χ4v) is 2.09. The van der Waals surface area contributed by atoms with Gasteiger partial charge in [0.25, 0.3) is 0 Å². The Kier molecular flexibility index (Phi) is 2.83. The van der Waals surface area contributed by atoms with Crippen LogP contribution < -0.4 is 10.5 Å². The molecule has 0 radical (unpaired) electrons. The molecule has 0 amide bonds. The van der Waals surface area contributed by atoms with Gasteiger partial charge in [-0.2, -0.15) is 0 Å². The van der Waals surface area contributed by atoms with Crippen LogP contribution in [0.2, 0.25) is 0 Å². The van der Waals surface area contributed by atoms with Gasteiger partial charge in [-0.3, -0.25) is 4.79 Å². The van der Waals surface area contributed by atoms with Gasteiger partial charge in [0, 0.05) is 5.92 Å². The Labute approximate surface area is 94.0 Å². The second-order valence-electron chi connectivity index (χ2n) is 4.15. The molecule has 0 spiro atoms. The average molecular weight is 221 g/mol. The summed E-state index contributed by atoms with van der Waals surface area (Å²) >= 11 is 0. The van der Waals surface area contributed by atoms with E-state index in [0.717, 1.165) is 16.9 Å². The monoisotopic (exact) mass is 221 g/mol. The molecule has 0 saturated heterocycles. The second-order valence-corrected chi connectivity index (χ2v) is 4.15. The van der Waals surface area contributed by atoms with Gasteiger partial charge >= 0.3 is 5.97 Å². The molecule has 1 heterocycles. The van der Waals surface area contributed by atoms with E-state index in [0.29, 0.717) is 13.0 Å². The van der Waals surface area contributed by atoms with E-state index in [2.05, 4.69) is 0 Å². The molecule has 0 saturated carbocycles. The molecule has 2 rings (SSSR count). The van der Waals surface area contributed by atoms with Crippen molar-refractivity contribution in [3.8, 4) is 5.75 Å². The summed E-state index contributed by atoms with van der Waals surface area (Å²) in [5.74, 6) is -0.348. The molecule has 1 aliphatic rings. The summed E-state index contributed by atoms with van der Waals surface area (Å²) in [7, 11) is 0. The Morgan fingerprint density at radius 3 is 3.06 bits per heavy atom. The number of benzene rings is 1. The Hall–Kier alpha value is -1.55. The van der Waals surface area contributed by atoms with Gasteiger partial charge in [0.1, 0.15) is 11.8 Å². The van der Waals surface area contributed by atoms with Crippen LogP contribution in [0.4, 0.5) is 0 Å². The van der Waals surface area contributed by atoms with Crippen LogP contribution in [0, 0.1) is 6.92 Å². The van der Waals surface area contributed by atoms with Crippen LogP contribution in [0.1, 0.15) is 23.5 Å². The second kappa shape index (κ2) is 4.14. The summed E-state index contributed by atoms with van der Waals surface area (Å²) in [4.78, 5) is 10.9. The predicted octanol–water partition coefficient (Wildman–Crippen LogP) is 1.27. The van der Waals surface area contributed by atoms with Crippen molar-refractivity contribution in [3.63, 3.8) is 0 Å². The number of ether oxygens (including phenoxy) is 1. The van der Waals surface area contributed by atoms with Crippen molar-refractivity contribution >= 4 is 5.97 Å². The molecule has 0 aromatic heterocycles. The van der Waals surface area contributed by atoms with Gasteiger partial charge in [-0.1, -0.05) is 17.7 Å². The van der Waals surface area contributed by atoms with Gasteiger partial charge in [-0.25, -0.2) is 0 Å². The zero-order valence-electron chi connectivity index (χ0n) is 9.14. The van der Waals surface area contributed by atoms with E-state index >= 15 is 0 Å². The molecule has 86 valence electrons. The number of nitrogens with two attached hydrogens (primary N) is 1. The van der Waals surface area contributed by atoms with Crippen LogP contribution in [-0.4, -0.2) is 23.7 Å². The number of carbonyl (C=O) groups is 1. The number of rotatable bonds is 2. The van der Waals surface area contributed by atoms with E-state index in [1.165, 1.54) is 0 Å². The largest absolute Gasteiger partial charge is 0.493 e. The van der Waals surface area contributed by atoms with Gasteiger partial charge in [-0.15, -0.1) is 0 Å². The molecular weight excluding hydrogens is 206 g/mol. The highest BCUT2D eigenvalue weighted by atomic mass is 16.5. The number of hydrogen-bond donors (Lipinski definition) is 2. The van der Waals surface area contributed by atoms with Crippen molar-refractivity contribution in [3.05, 3.63) is 29.3 Å². The highest BCUT2D eigenvalue weighted by Gasteiger charge is 2.30. The number of fused-ring (bicyclic) bond motifs is 1. The van der Waals surface area contributed by atoms with E-state index in [1.807, 2.05) is 25.1 Å². The summed E-state index contributed by atoms with van der Waals surface area (Å²) < 4.78 is 5.49. The van der Waals surface area contributed by atoms with Crippen molar-refractivity contribution in [1.29, 1.82) is 0 Å². The number of aliphatic carboxylic acids is 1. The summed E-state index contributed by atoms with van der Waals surface area (Å²) in [5, 5.41) is 8.96. The van der Waals surface area contributed by atoms with Crippen molar-refractivity contribution < 1.29 is 14.6 Å². The minimum absolute atomic E-state index is 0.152. The molecule has 2 unspecified atom stereocenters. The molecule has 0 aliphatic carbocycles. The van der Waals surface area contributed by atoms with E-state index in [4.69, 9.17) is 15.6 Å². The fraction of sp³-hybridized carbons (Fsp3) is 0.417. The van der Waals surface area contributed by atoms with E-state index < -0.39 is 12.0 Å². The van der Waals surface area contributed by atoms with Crippen LogP contribution in [0.25, 0.3) is 0 Å². The first kappa shape index (κ1) is 11.0. The summed E-state index contributed by atoms with van der Waals surface area (Å²) in [6.45, 7) is 2.50. The topological polar surface area (TPSA) is 72.6 Å². The highest BCUT2D eigenvalue weighted by molar-refractivity contribution is 5.75. The van der Waals surface area contributed by atoms with Crippen molar-refractivity contribution in [1.82, 2.24) is 0 Å². The lowest BCUT2D eigenvalue weighted by Gasteiger charge is -2.28. The molecular formula is C12H15NO3. The van der Waals surface area contributed by atoms with Crippen molar-refractivity contribution in [2.45, 2.75) is 25.3 Å². The zero-order valence-corrected chi connectivity index (χ0v) is 9.14. The van der Waals surface area contributed by atoms with Crippen LogP contribution in [-0.2, 0) is 4.79 Å². The van der Waals surface area contributed by atoms with Crippen LogP contribution >= 0.6 is 0 Å². The Morgan fingerprint density at radius 1 is 1.62 bits per heavy atom. The lowest BCUT2D eigenvalue weighted by atomic mass is 9.86. The molecule has 0 fully saturated rings. The van der Waals surface area contributed by atoms with Gasteiger partial charge in [0.2, 0.25) is 0 Å². The maximum atomic E-state index is 10.9. The average Bonchev–Trinajstić information content (AvgIpc) is 2.27.